The van der Waals surface area contributed by atoms with Gasteiger partial charge in [-0.1, -0.05) is 29.8 Å². The first-order valence-electron chi connectivity index (χ1n) is 7.34. The van der Waals surface area contributed by atoms with Gasteiger partial charge >= 0.3 is 0 Å². The van der Waals surface area contributed by atoms with E-state index in [1.165, 1.54) is 22.4 Å². The zero-order chi connectivity index (χ0) is 14.8. The maximum Gasteiger partial charge on any atom is 0.166 e. The molecule has 0 aliphatic carbocycles. The maximum atomic E-state index is 5.76. The van der Waals surface area contributed by atoms with Crippen LogP contribution >= 0.6 is 0 Å². The van der Waals surface area contributed by atoms with Gasteiger partial charge in [-0.15, -0.1) is 0 Å². The van der Waals surface area contributed by atoms with E-state index in [9.17, 15) is 0 Å². The van der Waals surface area contributed by atoms with Crippen LogP contribution in [0, 0.1) is 20.8 Å². The van der Waals surface area contributed by atoms with E-state index in [4.69, 9.17) is 9.47 Å². The van der Waals surface area contributed by atoms with E-state index >= 15 is 0 Å². The van der Waals surface area contributed by atoms with Crippen LogP contribution in [0.15, 0.2) is 30.3 Å². The second kappa shape index (κ2) is 5.68. The van der Waals surface area contributed by atoms with Crippen molar-refractivity contribution >= 4 is 5.69 Å². The third-order valence-corrected chi connectivity index (χ3v) is 3.78. The molecule has 110 valence electrons. The van der Waals surface area contributed by atoms with Gasteiger partial charge in [-0.3, -0.25) is 0 Å². The molecule has 0 spiro atoms. The van der Waals surface area contributed by atoms with Gasteiger partial charge in [-0.25, -0.2) is 0 Å². The van der Waals surface area contributed by atoms with Crippen molar-refractivity contribution in [2.24, 2.45) is 0 Å². The molecule has 0 fully saturated rings. The third kappa shape index (κ3) is 2.82. The molecule has 3 nitrogen and oxygen atoms in total. The number of fused-ring (bicyclic) bond motifs is 1. The molecule has 1 N–H and O–H groups in total. The van der Waals surface area contributed by atoms with Gasteiger partial charge in [0.05, 0.1) is 0 Å². The highest BCUT2D eigenvalue weighted by atomic mass is 16.6. The Bertz CT molecular complexity index is 641. The smallest absolute Gasteiger partial charge is 0.166 e. The fourth-order valence-electron chi connectivity index (χ4n) is 2.92. The minimum Gasteiger partial charge on any atom is -0.486 e. The van der Waals surface area contributed by atoms with Gasteiger partial charge in [0.15, 0.2) is 11.5 Å². The Morgan fingerprint density at radius 2 is 1.71 bits per heavy atom. The molecule has 1 heterocycles. The van der Waals surface area contributed by atoms with E-state index < -0.39 is 0 Å². The summed E-state index contributed by atoms with van der Waals surface area (Å²) in [5.41, 5.74) is 6.18. The Balaban J connectivity index is 1.83. The van der Waals surface area contributed by atoms with Crippen molar-refractivity contribution in [3.63, 3.8) is 0 Å². The Morgan fingerprint density at radius 1 is 1.00 bits per heavy atom. The summed E-state index contributed by atoms with van der Waals surface area (Å²) in [6.07, 6.45) is 0. The molecule has 2 aromatic rings. The lowest BCUT2D eigenvalue weighted by molar-refractivity contribution is 0.170. The predicted molar refractivity (Wildman–Crippen MR) is 85.4 cm³/mol. The van der Waals surface area contributed by atoms with E-state index in [1.807, 2.05) is 12.1 Å². The maximum absolute atomic E-state index is 5.76. The molecular weight excluding hydrogens is 262 g/mol. The van der Waals surface area contributed by atoms with Crippen LogP contribution in [0.4, 0.5) is 5.69 Å². The third-order valence-electron chi connectivity index (χ3n) is 3.78. The summed E-state index contributed by atoms with van der Waals surface area (Å²) in [5, 5.41) is 3.54. The van der Waals surface area contributed by atoms with Crippen molar-refractivity contribution in [1.29, 1.82) is 0 Å². The number of para-hydroxylation sites is 1. The average molecular weight is 283 g/mol. The van der Waals surface area contributed by atoms with Crippen molar-refractivity contribution in [2.75, 3.05) is 18.5 Å². The standard InChI is InChI=1S/C18H21NO2/c1-12-9-13(2)17(14(3)10-12)19-11-15-5-4-6-16-18(15)21-8-7-20-16/h4-6,9-10,19H,7-8,11H2,1-3H3. The molecule has 0 radical (unpaired) electrons. The fraction of sp³-hybridized carbons (Fsp3) is 0.333. The Hall–Kier alpha value is -2.16. The minimum atomic E-state index is 0.618. The fourth-order valence-corrected chi connectivity index (χ4v) is 2.92. The highest BCUT2D eigenvalue weighted by molar-refractivity contribution is 5.59. The van der Waals surface area contributed by atoms with Crippen LogP contribution in [-0.2, 0) is 6.54 Å². The van der Waals surface area contributed by atoms with Crippen LogP contribution in [-0.4, -0.2) is 13.2 Å². The molecule has 0 saturated heterocycles. The largest absolute Gasteiger partial charge is 0.486 e. The zero-order valence-electron chi connectivity index (χ0n) is 12.8. The van der Waals surface area contributed by atoms with Crippen LogP contribution in [0.5, 0.6) is 11.5 Å². The van der Waals surface area contributed by atoms with Gasteiger partial charge in [-0.2, -0.15) is 0 Å². The van der Waals surface area contributed by atoms with Crippen LogP contribution in [0.25, 0.3) is 0 Å². The average Bonchev–Trinajstić information content (AvgIpc) is 2.46. The lowest BCUT2D eigenvalue weighted by atomic mass is 10.0. The molecule has 1 aliphatic rings. The summed E-state index contributed by atoms with van der Waals surface area (Å²) in [7, 11) is 0. The second-order valence-electron chi connectivity index (χ2n) is 5.57. The number of ether oxygens (including phenoxy) is 2. The first-order valence-corrected chi connectivity index (χ1v) is 7.34. The van der Waals surface area contributed by atoms with Gasteiger partial charge in [0.25, 0.3) is 0 Å². The van der Waals surface area contributed by atoms with E-state index in [2.05, 4.69) is 44.3 Å². The summed E-state index contributed by atoms with van der Waals surface area (Å²) >= 11 is 0. The highest BCUT2D eigenvalue weighted by Gasteiger charge is 2.15. The molecule has 3 heteroatoms. The van der Waals surface area contributed by atoms with Gasteiger partial charge in [0.1, 0.15) is 13.2 Å². The number of anilines is 1. The lowest BCUT2D eigenvalue weighted by Crippen LogP contribution is -2.17. The molecule has 21 heavy (non-hydrogen) atoms. The number of rotatable bonds is 3. The van der Waals surface area contributed by atoms with E-state index in [0.29, 0.717) is 13.2 Å². The molecule has 0 aromatic heterocycles. The van der Waals surface area contributed by atoms with Crippen molar-refractivity contribution in [3.05, 3.63) is 52.6 Å². The van der Waals surface area contributed by atoms with E-state index in [-0.39, 0.29) is 0 Å². The molecule has 0 bridgehead atoms. The van der Waals surface area contributed by atoms with Crippen LogP contribution in [0.1, 0.15) is 22.3 Å². The summed E-state index contributed by atoms with van der Waals surface area (Å²) in [6, 6.07) is 10.5. The number of aryl methyl sites for hydroxylation is 3. The molecule has 0 unspecified atom stereocenters. The van der Waals surface area contributed by atoms with Gasteiger partial charge < -0.3 is 14.8 Å². The molecule has 0 atom stereocenters. The zero-order valence-corrected chi connectivity index (χ0v) is 12.8. The molecule has 2 aromatic carbocycles. The number of nitrogens with one attached hydrogen (secondary N) is 1. The first-order chi connectivity index (χ1) is 10.1. The molecule has 3 rings (SSSR count). The lowest BCUT2D eigenvalue weighted by Gasteiger charge is -2.22. The van der Waals surface area contributed by atoms with Crippen molar-refractivity contribution in [1.82, 2.24) is 0 Å². The summed E-state index contributed by atoms with van der Waals surface area (Å²) in [4.78, 5) is 0. The highest BCUT2D eigenvalue weighted by Crippen LogP contribution is 2.34. The van der Waals surface area contributed by atoms with Crippen LogP contribution in [0.2, 0.25) is 0 Å². The predicted octanol–water partition coefficient (Wildman–Crippen LogP) is 4.00. The summed E-state index contributed by atoms with van der Waals surface area (Å²) in [5.74, 6) is 1.72. The Kier molecular flexibility index (Phi) is 3.74. The van der Waals surface area contributed by atoms with E-state index in [0.717, 1.165) is 23.6 Å². The van der Waals surface area contributed by atoms with Crippen molar-refractivity contribution in [2.45, 2.75) is 27.3 Å². The van der Waals surface area contributed by atoms with Crippen molar-refractivity contribution < 1.29 is 9.47 Å². The normalized spacial score (nSPS) is 13.1. The molecule has 1 aliphatic heterocycles. The van der Waals surface area contributed by atoms with E-state index in [1.54, 1.807) is 0 Å². The molecule has 0 amide bonds. The number of benzene rings is 2. The monoisotopic (exact) mass is 283 g/mol. The Morgan fingerprint density at radius 3 is 2.48 bits per heavy atom. The molecule has 0 saturated carbocycles. The van der Waals surface area contributed by atoms with Crippen LogP contribution < -0.4 is 14.8 Å². The quantitative estimate of drug-likeness (QED) is 0.923. The Labute approximate surface area is 125 Å². The number of hydrogen-bond donors (Lipinski definition) is 1. The van der Waals surface area contributed by atoms with Gasteiger partial charge in [0, 0.05) is 17.8 Å². The second-order valence-corrected chi connectivity index (χ2v) is 5.57. The summed E-state index contributed by atoms with van der Waals surface area (Å²) in [6.45, 7) is 8.39. The first kappa shape index (κ1) is 13.8. The summed E-state index contributed by atoms with van der Waals surface area (Å²) < 4.78 is 11.4. The topological polar surface area (TPSA) is 30.5 Å². The van der Waals surface area contributed by atoms with Crippen molar-refractivity contribution in [3.8, 4) is 11.5 Å². The van der Waals surface area contributed by atoms with Gasteiger partial charge in [0.2, 0.25) is 0 Å². The molecular formula is C18H21NO2. The number of hydrogen-bond acceptors (Lipinski definition) is 3. The van der Waals surface area contributed by atoms with Crippen LogP contribution in [0.3, 0.4) is 0 Å². The van der Waals surface area contributed by atoms with Gasteiger partial charge in [-0.05, 0) is 38.0 Å². The SMILES string of the molecule is Cc1cc(C)c(NCc2cccc3c2OCCO3)c(C)c1. The minimum absolute atomic E-state index is 0.618.